The Kier molecular flexibility index (Phi) is 5.76. The number of hydrogen-bond acceptors (Lipinski definition) is 5. The molecule has 2 aromatic carbocycles. The van der Waals surface area contributed by atoms with Gasteiger partial charge in [-0.05, 0) is 48.9 Å². The molecule has 3 aromatic rings. The maximum Gasteiger partial charge on any atom is 0.416 e. The number of aryl methyl sites for hydroxylation is 2. The molecule has 0 aliphatic carbocycles. The van der Waals surface area contributed by atoms with Gasteiger partial charge in [-0.1, -0.05) is 12.1 Å². The Bertz CT molecular complexity index is 1330. The molecule has 0 saturated carbocycles. The zero-order chi connectivity index (χ0) is 23.0. The second-order valence-corrected chi connectivity index (χ2v) is 9.84. The zero-order valence-corrected chi connectivity index (χ0v) is 17.8. The maximum atomic E-state index is 12.9. The number of hydrogen-bond donors (Lipinski definition) is 2. The second kappa shape index (κ2) is 7.89. The molecule has 0 atom stereocenters. The Labute approximate surface area is 176 Å². The van der Waals surface area contributed by atoms with Crippen LogP contribution >= 0.6 is 0 Å². The van der Waals surface area contributed by atoms with Gasteiger partial charge in [0.05, 0.1) is 22.3 Å². The predicted molar refractivity (Wildman–Crippen MR) is 107 cm³/mol. The monoisotopic (exact) mass is 474 g/mol. The van der Waals surface area contributed by atoms with Crippen molar-refractivity contribution in [3.05, 3.63) is 65.9 Å². The van der Waals surface area contributed by atoms with Crippen molar-refractivity contribution in [1.82, 2.24) is 9.78 Å². The summed E-state index contributed by atoms with van der Waals surface area (Å²) in [6.45, 7) is 1.47. The van der Waals surface area contributed by atoms with Gasteiger partial charge in [0.15, 0.2) is 5.03 Å². The van der Waals surface area contributed by atoms with E-state index >= 15 is 0 Å². The van der Waals surface area contributed by atoms with Crippen LogP contribution in [-0.2, 0) is 33.3 Å². The first-order valence-electron chi connectivity index (χ1n) is 8.61. The van der Waals surface area contributed by atoms with Crippen molar-refractivity contribution in [2.75, 3.05) is 9.44 Å². The normalized spacial score (nSPS) is 12.5. The van der Waals surface area contributed by atoms with Crippen LogP contribution in [0.1, 0.15) is 11.1 Å². The Morgan fingerprint density at radius 3 is 2.16 bits per heavy atom. The largest absolute Gasteiger partial charge is 0.416 e. The smallest absolute Gasteiger partial charge is 0.280 e. The van der Waals surface area contributed by atoms with Crippen molar-refractivity contribution < 1.29 is 30.0 Å². The van der Waals surface area contributed by atoms with Gasteiger partial charge in [0.1, 0.15) is 0 Å². The van der Waals surface area contributed by atoms with E-state index in [1.54, 1.807) is 0 Å². The van der Waals surface area contributed by atoms with E-state index in [0.717, 1.165) is 22.9 Å². The summed E-state index contributed by atoms with van der Waals surface area (Å²) in [7, 11) is -6.93. The Morgan fingerprint density at radius 2 is 1.55 bits per heavy atom. The lowest BCUT2D eigenvalue weighted by atomic mass is 10.2. The van der Waals surface area contributed by atoms with Gasteiger partial charge in [-0.25, -0.2) is 8.42 Å². The predicted octanol–water partition coefficient (Wildman–Crippen LogP) is 3.35. The summed E-state index contributed by atoms with van der Waals surface area (Å²) in [5.74, 6) is 0. The molecular weight excluding hydrogens is 457 g/mol. The highest BCUT2D eigenvalue weighted by Crippen LogP contribution is 2.31. The van der Waals surface area contributed by atoms with Gasteiger partial charge in [0.25, 0.3) is 20.0 Å². The number of aromatic nitrogens is 2. The van der Waals surface area contributed by atoms with Crippen molar-refractivity contribution in [2.45, 2.75) is 23.0 Å². The van der Waals surface area contributed by atoms with Crippen LogP contribution in [0.3, 0.4) is 0 Å². The summed E-state index contributed by atoms with van der Waals surface area (Å²) in [4.78, 5) is -0.296. The summed E-state index contributed by atoms with van der Waals surface area (Å²) >= 11 is 0. The number of anilines is 2. The lowest BCUT2D eigenvalue weighted by Gasteiger charge is -2.14. The van der Waals surface area contributed by atoms with E-state index in [0.29, 0.717) is 6.07 Å². The standard InChI is InChI=1S/C18H17F3N4O4S2/c1-12-6-7-15(24-31(28,29)17-8-9-22-25(17)2)11-16(12)30(26,27)23-14-5-3-4-13(10-14)18(19,20)21/h3-11,23-24H,1-2H3. The molecule has 0 saturated heterocycles. The van der Waals surface area contributed by atoms with Crippen LogP contribution in [-0.4, -0.2) is 26.6 Å². The highest BCUT2D eigenvalue weighted by Gasteiger charge is 2.31. The molecule has 0 aliphatic heterocycles. The van der Waals surface area contributed by atoms with Gasteiger partial charge in [-0.3, -0.25) is 14.1 Å². The number of alkyl halides is 3. The van der Waals surface area contributed by atoms with E-state index in [-0.39, 0.29) is 26.9 Å². The minimum Gasteiger partial charge on any atom is -0.280 e. The number of sulfonamides is 2. The number of nitrogens with zero attached hydrogens (tertiary/aromatic N) is 2. The van der Waals surface area contributed by atoms with Gasteiger partial charge in [0.2, 0.25) is 0 Å². The fraction of sp³-hybridized carbons (Fsp3) is 0.167. The molecule has 1 aromatic heterocycles. The van der Waals surface area contributed by atoms with Crippen LogP contribution in [0.5, 0.6) is 0 Å². The molecular formula is C18H17F3N4O4S2. The molecule has 0 unspecified atom stereocenters. The van der Waals surface area contributed by atoms with Gasteiger partial charge in [0, 0.05) is 12.7 Å². The van der Waals surface area contributed by atoms with Crippen molar-refractivity contribution in [3.8, 4) is 0 Å². The third-order valence-corrected chi connectivity index (χ3v) is 7.20. The Balaban J connectivity index is 1.93. The summed E-state index contributed by atoms with van der Waals surface area (Å²) in [6.07, 6.45) is -3.35. The minimum atomic E-state index is -4.64. The van der Waals surface area contributed by atoms with Crippen LogP contribution in [0, 0.1) is 6.92 Å². The molecule has 0 aliphatic rings. The molecule has 13 heteroatoms. The topological polar surface area (TPSA) is 110 Å². The van der Waals surface area contributed by atoms with Crippen molar-refractivity contribution >= 4 is 31.4 Å². The van der Waals surface area contributed by atoms with Gasteiger partial charge >= 0.3 is 6.18 Å². The molecule has 1 heterocycles. The lowest BCUT2D eigenvalue weighted by molar-refractivity contribution is -0.137. The van der Waals surface area contributed by atoms with Gasteiger partial charge < -0.3 is 0 Å². The Hall–Kier alpha value is -3.06. The fourth-order valence-corrected chi connectivity index (χ4v) is 5.25. The summed E-state index contributed by atoms with van der Waals surface area (Å²) in [5.41, 5.74) is -1.07. The third kappa shape index (κ3) is 4.99. The zero-order valence-electron chi connectivity index (χ0n) is 16.2. The highest BCUT2D eigenvalue weighted by molar-refractivity contribution is 7.93. The van der Waals surface area contributed by atoms with E-state index in [4.69, 9.17) is 0 Å². The fourth-order valence-electron chi connectivity index (χ4n) is 2.76. The number of halogens is 3. The van der Waals surface area contributed by atoms with Crippen LogP contribution in [0.15, 0.2) is 64.6 Å². The van der Waals surface area contributed by atoms with E-state index in [2.05, 4.69) is 14.5 Å². The average Bonchev–Trinajstić information content (AvgIpc) is 3.09. The first kappa shape index (κ1) is 22.6. The van der Waals surface area contributed by atoms with E-state index in [1.807, 2.05) is 0 Å². The summed E-state index contributed by atoms with van der Waals surface area (Å²) in [5, 5.41) is 3.64. The second-order valence-electron chi connectivity index (χ2n) is 6.56. The first-order chi connectivity index (χ1) is 14.3. The molecule has 8 nitrogen and oxygen atoms in total. The molecule has 0 spiro atoms. The molecule has 166 valence electrons. The number of rotatable bonds is 6. The van der Waals surface area contributed by atoms with Crippen LogP contribution < -0.4 is 9.44 Å². The molecule has 0 radical (unpaired) electrons. The number of nitrogens with one attached hydrogen (secondary N) is 2. The van der Waals surface area contributed by atoms with E-state index in [1.165, 1.54) is 44.4 Å². The lowest BCUT2D eigenvalue weighted by Crippen LogP contribution is -2.18. The molecule has 2 N–H and O–H groups in total. The molecule has 0 fully saturated rings. The van der Waals surface area contributed by atoms with Crippen LogP contribution in [0.4, 0.5) is 24.5 Å². The van der Waals surface area contributed by atoms with Crippen molar-refractivity contribution in [1.29, 1.82) is 0 Å². The SMILES string of the molecule is Cc1ccc(NS(=O)(=O)c2ccnn2C)cc1S(=O)(=O)Nc1cccc(C(F)(F)F)c1. The third-order valence-electron chi connectivity index (χ3n) is 4.22. The maximum absolute atomic E-state index is 12.9. The highest BCUT2D eigenvalue weighted by atomic mass is 32.2. The van der Waals surface area contributed by atoms with Crippen LogP contribution in [0.25, 0.3) is 0 Å². The molecule has 3 rings (SSSR count). The van der Waals surface area contributed by atoms with Crippen molar-refractivity contribution in [3.63, 3.8) is 0 Å². The number of benzene rings is 2. The van der Waals surface area contributed by atoms with Crippen molar-refractivity contribution in [2.24, 2.45) is 7.05 Å². The van der Waals surface area contributed by atoms with E-state index in [9.17, 15) is 30.0 Å². The molecule has 0 amide bonds. The first-order valence-corrected chi connectivity index (χ1v) is 11.6. The minimum absolute atomic E-state index is 0.0452. The Morgan fingerprint density at radius 1 is 0.903 bits per heavy atom. The quantitative estimate of drug-likeness (QED) is 0.569. The van der Waals surface area contributed by atoms with Crippen LogP contribution in [0.2, 0.25) is 0 Å². The molecule has 31 heavy (non-hydrogen) atoms. The van der Waals surface area contributed by atoms with E-state index < -0.39 is 31.8 Å². The summed E-state index contributed by atoms with van der Waals surface area (Å²) in [6, 6.07) is 8.83. The van der Waals surface area contributed by atoms with Gasteiger partial charge in [-0.2, -0.15) is 26.7 Å². The average molecular weight is 474 g/mol. The summed E-state index contributed by atoms with van der Waals surface area (Å²) < 4.78 is 94.8. The molecule has 0 bridgehead atoms. The van der Waals surface area contributed by atoms with Gasteiger partial charge in [-0.15, -0.1) is 0 Å².